The van der Waals surface area contributed by atoms with Crippen molar-refractivity contribution in [1.29, 1.82) is 0 Å². The van der Waals surface area contributed by atoms with Gasteiger partial charge in [-0.25, -0.2) is 4.98 Å². The molecule has 1 aliphatic rings. The van der Waals surface area contributed by atoms with Gasteiger partial charge < -0.3 is 19.2 Å². The van der Waals surface area contributed by atoms with E-state index in [9.17, 15) is 0 Å². The molecule has 0 radical (unpaired) electrons. The molecule has 1 aromatic rings. The standard InChI is InChI=1S/C13H22N2O2.HNO3/c1-2-3-4-5-6-13(16-9-10-17-13)11-15-8-7-14-12-15;2-1(3)4/h7-8,12H,2-6,9-11H2,1H3;(H,2,3,4). The molecule has 1 aliphatic heterocycles. The third-order valence-corrected chi connectivity index (χ3v) is 3.21. The predicted molar refractivity (Wildman–Crippen MR) is 74.4 cm³/mol. The van der Waals surface area contributed by atoms with Gasteiger partial charge in [0.15, 0.2) is 5.79 Å². The zero-order valence-corrected chi connectivity index (χ0v) is 12.3. The van der Waals surface area contributed by atoms with Crippen LogP contribution in [0.15, 0.2) is 18.7 Å². The van der Waals surface area contributed by atoms with E-state index in [1.54, 1.807) is 6.20 Å². The average Bonchev–Trinajstić information content (AvgIpc) is 3.07. The van der Waals surface area contributed by atoms with Gasteiger partial charge in [-0.05, 0) is 6.42 Å². The van der Waals surface area contributed by atoms with E-state index in [0.717, 1.165) is 13.0 Å². The molecule has 0 saturated carbocycles. The normalized spacial score (nSPS) is 16.2. The van der Waals surface area contributed by atoms with Crippen LogP contribution >= 0.6 is 0 Å². The second-order valence-electron chi connectivity index (χ2n) is 4.89. The zero-order chi connectivity index (χ0) is 15.6. The summed E-state index contributed by atoms with van der Waals surface area (Å²) in [5.74, 6) is -0.408. The first kappa shape index (κ1) is 17.4. The minimum absolute atomic E-state index is 0.408. The first-order valence-corrected chi connectivity index (χ1v) is 7.15. The molecule has 120 valence electrons. The summed E-state index contributed by atoms with van der Waals surface area (Å²) in [6, 6.07) is 0. The van der Waals surface area contributed by atoms with Crippen LogP contribution in [0.2, 0.25) is 0 Å². The average molecular weight is 301 g/mol. The fourth-order valence-corrected chi connectivity index (χ4v) is 2.29. The van der Waals surface area contributed by atoms with Crippen LogP contribution < -0.4 is 0 Å². The Bertz CT molecular complexity index is 387. The van der Waals surface area contributed by atoms with Crippen LogP contribution in [0.3, 0.4) is 0 Å². The summed E-state index contributed by atoms with van der Waals surface area (Å²) in [6.45, 7) is 4.40. The molecular formula is C13H23N3O5. The van der Waals surface area contributed by atoms with E-state index in [1.165, 1.54) is 25.7 Å². The zero-order valence-electron chi connectivity index (χ0n) is 12.3. The van der Waals surface area contributed by atoms with Gasteiger partial charge in [-0.3, -0.25) is 0 Å². The van der Waals surface area contributed by atoms with Crippen molar-refractivity contribution in [3.05, 3.63) is 28.8 Å². The lowest BCUT2D eigenvalue weighted by molar-refractivity contribution is -0.742. The molecule has 0 bridgehead atoms. The third kappa shape index (κ3) is 7.05. The van der Waals surface area contributed by atoms with Crippen molar-refractivity contribution in [1.82, 2.24) is 9.55 Å². The fourth-order valence-electron chi connectivity index (χ4n) is 2.29. The lowest BCUT2D eigenvalue weighted by atomic mass is 10.1. The summed E-state index contributed by atoms with van der Waals surface area (Å²) < 4.78 is 13.7. The molecule has 0 aromatic carbocycles. The molecule has 0 unspecified atom stereocenters. The monoisotopic (exact) mass is 301 g/mol. The SMILES string of the molecule is CCCCCCC1(Cn2ccnc2)OCCO1.O=[N+]([O-])O. The number of rotatable bonds is 7. The summed E-state index contributed by atoms with van der Waals surface area (Å²) in [6.07, 6.45) is 11.5. The minimum atomic E-state index is -1.50. The Morgan fingerprint density at radius 1 is 1.38 bits per heavy atom. The minimum Gasteiger partial charge on any atom is -0.346 e. The number of ether oxygens (including phenoxy) is 2. The maximum atomic E-state index is 8.36. The molecule has 0 atom stereocenters. The number of nitrogens with zero attached hydrogens (tertiary/aromatic N) is 3. The fraction of sp³-hybridized carbons (Fsp3) is 0.769. The number of hydrogen-bond donors (Lipinski definition) is 1. The summed E-state index contributed by atoms with van der Waals surface area (Å²) in [7, 11) is 0. The Labute approximate surface area is 123 Å². The summed E-state index contributed by atoms with van der Waals surface area (Å²) in [4.78, 5) is 12.4. The molecule has 1 N–H and O–H groups in total. The molecule has 0 aliphatic carbocycles. The van der Waals surface area contributed by atoms with Crippen molar-refractivity contribution in [3.8, 4) is 0 Å². The van der Waals surface area contributed by atoms with Crippen LogP contribution in [0.25, 0.3) is 0 Å². The molecule has 8 nitrogen and oxygen atoms in total. The van der Waals surface area contributed by atoms with Gasteiger partial charge in [0.2, 0.25) is 0 Å². The molecule has 1 fully saturated rings. The van der Waals surface area contributed by atoms with E-state index < -0.39 is 10.9 Å². The summed E-state index contributed by atoms with van der Waals surface area (Å²) >= 11 is 0. The van der Waals surface area contributed by atoms with Gasteiger partial charge >= 0.3 is 0 Å². The van der Waals surface area contributed by atoms with Gasteiger partial charge in [0.1, 0.15) is 0 Å². The maximum Gasteiger partial charge on any atom is 0.291 e. The molecule has 2 heterocycles. The highest BCUT2D eigenvalue weighted by molar-refractivity contribution is 4.81. The highest BCUT2D eigenvalue weighted by Crippen LogP contribution is 2.28. The number of unbranched alkanes of at least 4 members (excludes halogenated alkanes) is 3. The van der Waals surface area contributed by atoms with Crippen molar-refractivity contribution in [3.63, 3.8) is 0 Å². The predicted octanol–water partition coefficient (Wildman–Crippen LogP) is 2.25. The Kier molecular flexibility index (Phi) is 7.70. The van der Waals surface area contributed by atoms with Crippen LogP contribution in [0.1, 0.15) is 39.0 Å². The van der Waals surface area contributed by atoms with Crippen molar-refractivity contribution < 1.29 is 19.8 Å². The largest absolute Gasteiger partial charge is 0.346 e. The molecule has 21 heavy (non-hydrogen) atoms. The van der Waals surface area contributed by atoms with E-state index in [4.69, 9.17) is 24.8 Å². The molecule has 0 amide bonds. The Morgan fingerprint density at radius 2 is 2.05 bits per heavy atom. The van der Waals surface area contributed by atoms with Crippen LogP contribution in [-0.4, -0.2) is 38.8 Å². The van der Waals surface area contributed by atoms with Gasteiger partial charge in [-0.2, -0.15) is 0 Å². The Balaban J connectivity index is 0.000000491. The second kappa shape index (κ2) is 9.30. The van der Waals surface area contributed by atoms with Crippen molar-refractivity contribution in [2.45, 2.75) is 51.4 Å². The van der Waals surface area contributed by atoms with E-state index in [0.29, 0.717) is 13.2 Å². The number of hydrogen-bond acceptors (Lipinski definition) is 5. The Hall–Kier alpha value is -1.67. The lowest BCUT2D eigenvalue weighted by Gasteiger charge is -2.27. The van der Waals surface area contributed by atoms with Gasteiger partial charge in [0, 0.05) is 18.8 Å². The van der Waals surface area contributed by atoms with Crippen LogP contribution in [0, 0.1) is 10.1 Å². The maximum absolute atomic E-state index is 8.36. The number of aromatic nitrogens is 2. The molecule has 1 aromatic heterocycles. The summed E-state index contributed by atoms with van der Waals surface area (Å²) in [5, 5.41) is 13.6. The van der Waals surface area contributed by atoms with Gasteiger partial charge in [-0.15, -0.1) is 10.1 Å². The Morgan fingerprint density at radius 3 is 2.57 bits per heavy atom. The van der Waals surface area contributed by atoms with Crippen LogP contribution in [0.5, 0.6) is 0 Å². The first-order valence-electron chi connectivity index (χ1n) is 7.15. The lowest BCUT2D eigenvalue weighted by Crippen LogP contribution is -2.35. The summed E-state index contributed by atoms with van der Waals surface area (Å²) in [5.41, 5.74) is 0. The van der Waals surface area contributed by atoms with Crippen LogP contribution in [-0.2, 0) is 16.0 Å². The quantitative estimate of drug-likeness (QED) is 0.471. The van der Waals surface area contributed by atoms with E-state index >= 15 is 0 Å². The third-order valence-electron chi connectivity index (χ3n) is 3.21. The molecule has 2 rings (SSSR count). The van der Waals surface area contributed by atoms with Gasteiger partial charge in [-0.1, -0.05) is 26.2 Å². The van der Waals surface area contributed by atoms with Gasteiger partial charge in [0.05, 0.1) is 26.1 Å². The van der Waals surface area contributed by atoms with E-state index in [2.05, 4.69) is 11.9 Å². The van der Waals surface area contributed by atoms with Crippen LogP contribution in [0.4, 0.5) is 0 Å². The van der Waals surface area contributed by atoms with Crippen molar-refractivity contribution in [2.75, 3.05) is 13.2 Å². The second-order valence-corrected chi connectivity index (χ2v) is 4.89. The topological polar surface area (TPSA) is 99.7 Å². The smallest absolute Gasteiger partial charge is 0.291 e. The van der Waals surface area contributed by atoms with Crippen molar-refractivity contribution in [2.24, 2.45) is 0 Å². The molecular weight excluding hydrogens is 278 g/mol. The van der Waals surface area contributed by atoms with E-state index in [1.807, 2.05) is 17.1 Å². The van der Waals surface area contributed by atoms with Crippen molar-refractivity contribution >= 4 is 0 Å². The highest BCUT2D eigenvalue weighted by atomic mass is 16.9. The van der Waals surface area contributed by atoms with E-state index in [-0.39, 0.29) is 0 Å². The van der Waals surface area contributed by atoms with Gasteiger partial charge in [0.25, 0.3) is 5.09 Å². The first-order chi connectivity index (χ1) is 10.1. The molecule has 0 spiro atoms. The highest BCUT2D eigenvalue weighted by Gasteiger charge is 2.36. The molecule has 1 saturated heterocycles. The molecule has 8 heteroatoms. The number of imidazole rings is 1.